The van der Waals surface area contributed by atoms with Gasteiger partial charge in [0.2, 0.25) is 0 Å². The maximum Gasteiger partial charge on any atom is 0.252 e. The molecular formula is C23H27BrN2O4. The number of nitrogens with one attached hydrogen (secondary N) is 1. The summed E-state index contributed by atoms with van der Waals surface area (Å²) < 4.78 is 5.83. The van der Waals surface area contributed by atoms with Gasteiger partial charge in [0, 0.05) is 48.0 Å². The number of likely N-dealkylation sites (tertiary alicyclic amines) is 1. The van der Waals surface area contributed by atoms with Crippen LogP contribution in [0.1, 0.15) is 56.9 Å². The second-order valence-corrected chi connectivity index (χ2v) is 9.03. The molecule has 1 unspecified atom stereocenters. The number of phenols is 1. The smallest absolute Gasteiger partial charge is 0.252 e. The average Bonchev–Trinajstić information content (AvgIpc) is 2.75. The Morgan fingerprint density at radius 2 is 1.93 bits per heavy atom. The van der Waals surface area contributed by atoms with Gasteiger partial charge in [-0.1, -0.05) is 0 Å². The summed E-state index contributed by atoms with van der Waals surface area (Å²) in [5, 5.41) is 13.7. The quantitative estimate of drug-likeness (QED) is 0.687. The second-order valence-electron chi connectivity index (χ2n) is 8.17. The van der Waals surface area contributed by atoms with Crippen LogP contribution in [-0.4, -0.2) is 41.9 Å². The van der Waals surface area contributed by atoms with Crippen molar-refractivity contribution >= 4 is 27.6 Å². The van der Waals surface area contributed by atoms with E-state index >= 15 is 0 Å². The van der Waals surface area contributed by atoms with Crippen molar-refractivity contribution < 1.29 is 19.4 Å². The maximum atomic E-state index is 13.6. The van der Waals surface area contributed by atoms with Crippen LogP contribution in [0.3, 0.4) is 0 Å². The average molecular weight is 475 g/mol. The molecule has 1 amide bonds. The molecule has 0 radical (unpaired) electrons. The van der Waals surface area contributed by atoms with Gasteiger partial charge in [-0.3, -0.25) is 9.59 Å². The Bertz CT molecular complexity index is 960. The van der Waals surface area contributed by atoms with E-state index in [-0.39, 0.29) is 17.4 Å². The number of Topliss-reactive ketones (excluding diaryl/α,β-unsaturated/α-hetero) is 1. The van der Waals surface area contributed by atoms with Crippen LogP contribution < -0.4 is 10.1 Å². The Hall–Kier alpha value is -2.28. The molecule has 2 aliphatic heterocycles. The zero-order chi connectivity index (χ0) is 21.4. The van der Waals surface area contributed by atoms with Crippen molar-refractivity contribution in [1.82, 2.24) is 10.2 Å². The lowest BCUT2D eigenvalue weighted by Crippen LogP contribution is -2.42. The van der Waals surface area contributed by atoms with Gasteiger partial charge in [0.1, 0.15) is 0 Å². The lowest BCUT2D eigenvalue weighted by molar-refractivity contribution is -0.128. The Morgan fingerprint density at radius 3 is 2.63 bits per heavy atom. The SMILES string of the molecule is COc1cc(C2C(C(=O)N3CCCCC3)=C(C)NC3=C2C(=O)CCC3)cc(Br)c1O. The maximum absolute atomic E-state index is 13.6. The van der Waals surface area contributed by atoms with Crippen molar-refractivity contribution in [2.75, 3.05) is 20.2 Å². The number of amides is 1. The van der Waals surface area contributed by atoms with Crippen molar-refractivity contribution in [1.29, 1.82) is 0 Å². The van der Waals surface area contributed by atoms with Crippen LogP contribution in [0.5, 0.6) is 11.5 Å². The lowest BCUT2D eigenvalue weighted by atomic mass is 9.74. The predicted molar refractivity (Wildman–Crippen MR) is 117 cm³/mol. The number of carbonyl (C=O) groups is 2. The van der Waals surface area contributed by atoms with Gasteiger partial charge in [-0.25, -0.2) is 0 Å². The molecule has 4 rings (SSSR count). The summed E-state index contributed by atoms with van der Waals surface area (Å²) in [6.07, 6.45) is 5.22. The molecule has 30 heavy (non-hydrogen) atoms. The van der Waals surface area contributed by atoms with E-state index in [0.29, 0.717) is 27.8 Å². The molecule has 160 valence electrons. The molecule has 2 N–H and O–H groups in total. The highest BCUT2D eigenvalue weighted by molar-refractivity contribution is 9.10. The van der Waals surface area contributed by atoms with Crippen LogP contribution in [-0.2, 0) is 9.59 Å². The number of rotatable bonds is 3. The van der Waals surface area contributed by atoms with Gasteiger partial charge in [0.25, 0.3) is 5.91 Å². The fourth-order valence-electron chi connectivity index (χ4n) is 4.78. The van der Waals surface area contributed by atoms with E-state index < -0.39 is 5.92 Å². The highest BCUT2D eigenvalue weighted by Gasteiger charge is 2.40. The Labute approximate surface area is 185 Å². The van der Waals surface area contributed by atoms with Gasteiger partial charge >= 0.3 is 0 Å². The van der Waals surface area contributed by atoms with E-state index in [0.717, 1.165) is 62.2 Å². The van der Waals surface area contributed by atoms with Crippen molar-refractivity contribution in [2.24, 2.45) is 0 Å². The number of nitrogens with zero attached hydrogens (tertiary/aromatic N) is 1. The second kappa shape index (κ2) is 8.46. The van der Waals surface area contributed by atoms with E-state index in [2.05, 4.69) is 21.2 Å². The molecule has 7 heteroatoms. The Kier molecular flexibility index (Phi) is 5.91. The van der Waals surface area contributed by atoms with Gasteiger partial charge in [0.15, 0.2) is 17.3 Å². The number of benzene rings is 1. The van der Waals surface area contributed by atoms with Crippen molar-refractivity contribution in [2.45, 2.75) is 51.4 Å². The molecule has 1 saturated heterocycles. The molecule has 1 aliphatic carbocycles. The molecule has 6 nitrogen and oxygen atoms in total. The molecule has 0 saturated carbocycles. The molecule has 1 aromatic carbocycles. The van der Waals surface area contributed by atoms with Crippen LogP contribution >= 0.6 is 15.9 Å². The molecule has 0 bridgehead atoms. The number of ketones is 1. The predicted octanol–water partition coefficient (Wildman–Crippen LogP) is 4.14. The Balaban J connectivity index is 1.87. The number of piperidine rings is 1. The van der Waals surface area contributed by atoms with Crippen LogP contribution in [0, 0.1) is 0 Å². The summed E-state index contributed by atoms with van der Waals surface area (Å²) >= 11 is 3.40. The van der Waals surface area contributed by atoms with E-state index in [1.54, 1.807) is 12.1 Å². The highest BCUT2D eigenvalue weighted by Crippen LogP contribution is 2.46. The van der Waals surface area contributed by atoms with Gasteiger partial charge in [-0.05, 0) is 72.7 Å². The first-order chi connectivity index (χ1) is 14.4. The van der Waals surface area contributed by atoms with Gasteiger partial charge in [-0.15, -0.1) is 0 Å². The van der Waals surface area contributed by atoms with E-state index in [1.165, 1.54) is 7.11 Å². The van der Waals surface area contributed by atoms with E-state index in [1.807, 2.05) is 11.8 Å². The Morgan fingerprint density at radius 1 is 1.20 bits per heavy atom. The van der Waals surface area contributed by atoms with Gasteiger partial charge < -0.3 is 20.1 Å². The van der Waals surface area contributed by atoms with Gasteiger partial charge in [0.05, 0.1) is 11.6 Å². The van der Waals surface area contributed by atoms with Crippen molar-refractivity contribution in [3.63, 3.8) is 0 Å². The number of dihydropyridines is 1. The van der Waals surface area contributed by atoms with E-state index in [4.69, 9.17) is 4.74 Å². The minimum absolute atomic E-state index is 0.00367. The third-order valence-corrected chi connectivity index (χ3v) is 6.86. The standard InChI is InChI=1S/C23H27BrN2O4/c1-13-19(23(29)26-9-4-3-5-10-26)20(21-16(25-13)7-6-8-17(21)27)14-11-15(24)22(28)18(12-14)30-2/h11-12,20,25,28H,3-10H2,1-2H3. The monoisotopic (exact) mass is 474 g/mol. The van der Waals surface area contributed by atoms with Crippen LogP contribution in [0.2, 0.25) is 0 Å². The molecule has 1 atom stereocenters. The third-order valence-electron chi connectivity index (χ3n) is 6.25. The molecule has 1 fully saturated rings. The number of carbonyl (C=O) groups excluding carboxylic acids is 2. The van der Waals surface area contributed by atoms with Crippen molar-refractivity contribution in [3.05, 3.63) is 44.7 Å². The third kappa shape index (κ3) is 3.64. The summed E-state index contributed by atoms with van der Waals surface area (Å²) in [5.41, 5.74) is 3.76. The largest absolute Gasteiger partial charge is 0.503 e. The highest BCUT2D eigenvalue weighted by atomic mass is 79.9. The van der Waals surface area contributed by atoms with Crippen LogP contribution in [0.4, 0.5) is 0 Å². The number of phenolic OH excluding ortho intramolecular Hbond substituents is 1. The molecule has 0 aromatic heterocycles. The van der Waals surface area contributed by atoms with Crippen LogP contribution in [0.15, 0.2) is 39.1 Å². The number of hydrogen-bond donors (Lipinski definition) is 2. The summed E-state index contributed by atoms with van der Waals surface area (Å²) in [5.74, 6) is -0.102. The zero-order valence-electron chi connectivity index (χ0n) is 17.4. The van der Waals surface area contributed by atoms with Crippen molar-refractivity contribution in [3.8, 4) is 11.5 Å². The topological polar surface area (TPSA) is 78.9 Å². The summed E-state index contributed by atoms with van der Waals surface area (Å²) in [4.78, 5) is 28.6. The normalized spacial score (nSPS) is 22.0. The first kappa shape index (κ1) is 21.0. The number of aromatic hydroxyl groups is 1. The van der Waals surface area contributed by atoms with E-state index in [9.17, 15) is 14.7 Å². The molecule has 3 aliphatic rings. The first-order valence-corrected chi connectivity index (χ1v) is 11.3. The molecular weight excluding hydrogens is 448 g/mol. The number of hydrogen-bond acceptors (Lipinski definition) is 5. The summed E-state index contributed by atoms with van der Waals surface area (Å²) in [7, 11) is 1.49. The fraction of sp³-hybridized carbons (Fsp3) is 0.478. The number of methoxy groups -OCH3 is 1. The summed E-state index contributed by atoms with van der Waals surface area (Å²) in [6.45, 7) is 3.40. The molecule has 1 aromatic rings. The van der Waals surface area contributed by atoms with Gasteiger partial charge in [-0.2, -0.15) is 0 Å². The first-order valence-electron chi connectivity index (χ1n) is 10.5. The number of ether oxygens (including phenoxy) is 1. The minimum atomic E-state index is -0.478. The number of halogens is 1. The lowest BCUT2D eigenvalue weighted by Gasteiger charge is -2.37. The molecule has 2 heterocycles. The number of allylic oxidation sites excluding steroid dienone is 3. The fourth-order valence-corrected chi connectivity index (χ4v) is 5.24. The molecule has 0 spiro atoms. The minimum Gasteiger partial charge on any atom is -0.503 e. The van der Waals surface area contributed by atoms with Crippen LogP contribution in [0.25, 0.3) is 0 Å². The zero-order valence-corrected chi connectivity index (χ0v) is 19.0. The summed E-state index contributed by atoms with van der Waals surface area (Å²) in [6, 6.07) is 3.52.